The summed E-state index contributed by atoms with van der Waals surface area (Å²) in [5, 5.41) is 0. The summed E-state index contributed by atoms with van der Waals surface area (Å²) in [6.45, 7) is 6.71. The van der Waals surface area contributed by atoms with E-state index in [0.29, 0.717) is 6.04 Å². The van der Waals surface area contributed by atoms with Crippen molar-refractivity contribution in [1.29, 1.82) is 0 Å². The van der Waals surface area contributed by atoms with Crippen LogP contribution in [0.4, 0.5) is 5.69 Å². The summed E-state index contributed by atoms with van der Waals surface area (Å²) in [7, 11) is 0. The van der Waals surface area contributed by atoms with Crippen LogP contribution in [0.2, 0.25) is 0 Å². The molecule has 4 heteroatoms. The van der Waals surface area contributed by atoms with E-state index in [9.17, 15) is 0 Å². The maximum Gasteiger partial charge on any atom is 0.109 e. The average Bonchev–Trinajstić information content (AvgIpc) is 2.99. The first-order valence-electron chi connectivity index (χ1n) is 8.71. The first kappa shape index (κ1) is 16.9. The third kappa shape index (κ3) is 3.59. The van der Waals surface area contributed by atoms with Gasteiger partial charge in [0.25, 0.3) is 0 Å². The molecule has 1 heterocycles. The van der Waals surface area contributed by atoms with E-state index in [1.165, 1.54) is 29.1 Å². The number of hydrogen-bond acceptors (Lipinski definition) is 3. The Hall–Kier alpha value is -1.94. The van der Waals surface area contributed by atoms with Gasteiger partial charge >= 0.3 is 0 Å². The van der Waals surface area contributed by atoms with Crippen molar-refractivity contribution >= 4 is 28.7 Å². The van der Waals surface area contributed by atoms with Crippen molar-refractivity contribution in [2.24, 2.45) is 0 Å². The summed E-state index contributed by atoms with van der Waals surface area (Å²) in [5.74, 6) is 1.18. The molecule has 0 aliphatic carbocycles. The molecular formula is C20H25N3S. The van der Waals surface area contributed by atoms with Crippen molar-refractivity contribution in [1.82, 2.24) is 9.55 Å². The first-order valence-corrected chi connectivity index (χ1v) is 9.53. The van der Waals surface area contributed by atoms with Gasteiger partial charge < -0.3 is 9.29 Å². The lowest BCUT2D eigenvalue weighted by Crippen LogP contribution is -2.08. The highest BCUT2D eigenvalue weighted by Crippen LogP contribution is 2.28. The van der Waals surface area contributed by atoms with Crippen molar-refractivity contribution in [3.05, 3.63) is 54.4 Å². The average molecular weight is 340 g/mol. The maximum absolute atomic E-state index is 4.86. The number of nitrogens with one attached hydrogen (secondary N) is 1. The van der Waals surface area contributed by atoms with Crippen LogP contribution in [0.3, 0.4) is 0 Å². The fourth-order valence-corrected chi connectivity index (χ4v) is 3.76. The van der Waals surface area contributed by atoms with Crippen LogP contribution in [0, 0.1) is 0 Å². The molecule has 3 rings (SSSR count). The summed E-state index contributed by atoms with van der Waals surface area (Å²) in [6.07, 6.45) is 3.34. The van der Waals surface area contributed by atoms with E-state index in [4.69, 9.17) is 4.98 Å². The van der Waals surface area contributed by atoms with Crippen LogP contribution in [0.15, 0.2) is 53.4 Å². The van der Waals surface area contributed by atoms with E-state index in [2.05, 4.69) is 72.5 Å². The van der Waals surface area contributed by atoms with Crippen LogP contribution < -0.4 is 4.72 Å². The third-order valence-electron chi connectivity index (χ3n) is 4.26. The summed E-state index contributed by atoms with van der Waals surface area (Å²) < 4.78 is 5.83. The highest BCUT2D eigenvalue weighted by Gasteiger charge is 2.14. The predicted octanol–water partition coefficient (Wildman–Crippen LogP) is 6.08. The monoisotopic (exact) mass is 339 g/mol. The molecule has 0 aliphatic rings. The minimum Gasteiger partial charge on any atom is -0.326 e. The Morgan fingerprint density at radius 2 is 1.92 bits per heavy atom. The normalized spacial score (nSPS) is 12.5. The van der Waals surface area contributed by atoms with E-state index in [1.807, 2.05) is 6.07 Å². The Kier molecular flexibility index (Phi) is 5.46. The second-order valence-corrected chi connectivity index (χ2v) is 6.99. The largest absolute Gasteiger partial charge is 0.326 e. The molecule has 0 aliphatic heterocycles. The minimum absolute atomic E-state index is 0.493. The topological polar surface area (TPSA) is 29.9 Å². The van der Waals surface area contributed by atoms with Gasteiger partial charge in [-0.05, 0) is 55.6 Å². The predicted molar refractivity (Wildman–Crippen MR) is 105 cm³/mol. The Balaban J connectivity index is 1.86. The number of fused-ring (bicyclic) bond motifs is 1. The van der Waals surface area contributed by atoms with Gasteiger partial charge in [-0.25, -0.2) is 4.98 Å². The van der Waals surface area contributed by atoms with Crippen molar-refractivity contribution in [3.63, 3.8) is 0 Å². The smallest absolute Gasteiger partial charge is 0.109 e. The summed E-state index contributed by atoms with van der Waals surface area (Å²) in [5.41, 5.74) is 3.41. The van der Waals surface area contributed by atoms with Crippen molar-refractivity contribution in [2.75, 3.05) is 4.72 Å². The maximum atomic E-state index is 4.86. The Morgan fingerprint density at radius 3 is 2.62 bits per heavy atom. The zero-order chi connectivity index (χ0) is 16.9. The van der Waals surface area contributed by atoms with Crippen molar-refractivity contribution < 1.29 is 0 Å². The van der Waals surface area contributed by atoms with E-state index in [0.717, 1.165) is 17.6 Å². The van der Waals surface area contributed by atoms with E-state index in [-0.39, 0.29) is 0 Å². The molecule has 0 amide bonds. The SMILES string of the molecule is CCCC(C)n1c(CC)nc2cc(NSc3ccccc3)ccc21. The molecule has 3 aromatic rings. The molecular weight excluding hydrogens is 314 g/mol. The molecule has 126 valence electrons. The van der Waals surface area contributed by atoms with Gasteiger partial charge in [0.05, 0.1) is 11.0 Å². The number of benzene rings is 2. The van der Waals surface area contributed by atoms with E-state index < -0.39 is 0 Å². The highest BCUT2D eigenvalue weighted by molar-refractivity contribution is 8.00. The number of nitrogens with zero attached hydrogens (tertiary/aromatic N) is 2. The van der Waals surface area contributed by atoms with E-state index in [1.54, 1.807) is 11.9 Å². The van der Waals surface area contributed by atoms with Crippen molar-refractivity contribution in [3.8, 4) is 0 Å². The quantitative estimate of drug-likeness (QED) is 0.529. The zero-order valence-electron chi connectivity index (χ0n) is 14.6. The number of aromatic nitrogens is 2. The van der Waals surface area contributed by atoms with Crippen LogP contribution in [0.1, 0.15) is 45.5 Å². The number of imidazole rings is 1. The Morgan fingerprint density at radius 1 is 1.12 bits per heavy atom. The molecule has 24 heavy (non-hydrogen) atoms. The lowest BCUT2D eigenvalue weighted by atomic mass is 10.2. The molecule has 0 saturated carbocycles. The fourth-order valence-electron chi connectivity index (χ4n) is 3.11. The van der Waals surface area contributed by atoms with Gasteiger partial charge in [-0.2, -0.15) is 0 Å². The molecule has 1 aromatic heterocycles. The standard InChI is InChI=1S/C20H25N3S/c1-4-9-15(3)23-19-13-12-16(14-18(19)21-20(23)5-2)22-24-17-10-7-6-8-11-17/h6-8,10-15,22H,4-5,9H2,1-3H3. The van der Waals surface area contributed by atoms with Crippen molar-refractivity contribution in [2.45, 2.75) is 51.0 Å². The zero-order valence-corrected chi connectivity index (χ0v) is 15.4. The van der Waals surface area contributed by atoms with Crippen LogP contribution in [0.25, 0.3) is 11.0 Å². The highest BCUT2D eigenvalue weighted by atomic mass is 32.2. The van der Waals surface area contributed by atoms with Crippen LogP contribution >= 0.6 is 11.9 Å². The molecule has 1 unspecified atom stereocenters. The molecule has 0 bridgehead atoms. The number of rotatable bonds is 7. The molecule has 3 nitrogen and oxygen atoms in total. The fraction of sp³-hybridized carbons (Fsp3) is 0.350. The molecule has 0 saturated heterocycles. The molecule has 1 atom stereocenters. The number of hydrogen-bond donors (Lipinski definition) is 1. The van der Waals surface area contributed by atoms with Crippen LogP contribution in [-0.4, -0.2) is 9.55 Å². The van der Waals surface area contributed by atoms with Crippen LogP contribution in [-0.2, 0) is 6.42 Å². The van der Waals surface area contributed by atoms with E-state index >= 15 is 0 Å². The summed E-state index contributed by atoms with van der Waals surface area (Å²) >= 11 is 1.63. The molecule has 2 aromatic carbocycles. The van der Waals surface area contributed by atoms with Gasteiger partial charge in [-0.1, -0.05) is 38.5 Å². The van der Waals surface area contributed by atoms with Gasteiger partial charge in [-0.15, -0.1) is 0 Å². The third-order valence-corrected chi connectivity index (χ3v) is 5.10. The number of aryl methyl sites for hydroxylation is 1. The second kappa shape index (κ2) is 7.75. The van der Waals surface area contributed by atoms with Gasteiger partial charge in [0, 0.05) is 23.0 Å². The lowest BCUT2D eigenvalue weighted by molar-refractivity contribution is 0.496. The van der Waals surface area contributed by atoms with Gasteiger partial charge in [0.15, 0.2) is 0 Å². The molecule has 0 fully saturated rings. The molecule has 0 radical (unpaired) electrons. The van der Waals surface area contributed by atoms with Crippen LogP contribution in [0.5, 0.6) is 0 Å². The number of anilines is 1. The molecule has 1 N–H and O–H groups in total. The Bertz CT molecular complexity index is 795. The Labute approximate surface area is 148 Å². The van der Waals surface area contributed by atoms with Gasteiger partial charge in [0.1, 0.15) is 5.82 Å². The lowest BCUT2D eigenvalue weighted by Gasteiger charge is -2.16. The van der Waals surface area contributed by atoms with Gasteiger partial charge in [-0.3, -0.25) is 0 Å². The minimum atomic E-state index is 0.493. The van der Waals surface area contributed by atoms with Gasteiger partial charge in [0.2, 0.25) is 0 Å². The summed E-state index contributed by atoms with van der Waals surface area (Å²) in [6, 6.07) is 17.3. The first-order chi connectivity index (χ1) is 11.7. The second-order valence-electron chi connectivity index (χ2n) is 6.11. The summed E-state index contributed by atoms with van der Waals surface area (Å²) in [4.78, 5) is 6.07. The molecule has 0 spiro atoms.